The van der Waals surface area contributed by atoms with E-state index in [4.69, 9.17) is 4.74 Å². The minimum atomic E-state index is 0.284. The standard InChI is InChI=1S/C18H27N7O/c1-3-19-18(21-11-9-14-6-4-5-10-20-14)22-15-7-8-17-23-16(13-26-2)24-25(17)12-15/h4-6,10,15H,3,7-9,11-13H2,1-2H3,(H2,19,21,22). The molecule has 2 aromatic rings. The van der Waals surface area contributed by atoms with Gasteiger partial charge in [-0.3, -0.25) is 9.98 Å². The van der Waals surface area contributed by atoms with Crippen LogP contribution in [0.4, 0.5) is 0 Å². The molecule has 3 rings (SSSR count). The summed E-state index contributed by atoms with van der Waals surface area (Å²) in [4.78, 5) is 13.5. The lowest BCUT2D eigenvalue weighted by Crippen LogP contribution is -2.47. The lowest BCUT2D eigenvalue weighted by molar-refractivity contribution is 0.177. The number of methoxy groups -OCH3 is 1. The zero-order valence-electron chi connectivity index (χ0n) is 15.5. The van der Waals surface area contributed by atoms with Gasteiger partial charge in [0.15, 0.2) is 11.8 Å². The van der Waals surface area contributed by atoms with Gasteiger partial charge >= 0.3 is 0 Å². The molecule has 0 spiro atoms. The molecule has 8 nitrogen and oxygen atoms in total. The third-order valence-corrected chi connectivity index (χ3v) is 4.22. The Morgan fingerprint density at radius 3 is 3.12 bits per heavy atom. The van der Waals surface area contributed by atoms with Crippen molar-refractivity contribution < 1.29 is 4.74 Å². The molecule has 1 aliphatic heterocycles. The SMILES string of the molecule is CCNC(=NCCc1ccccn1)NC1CCc2nc(COC)nn2C1. The Balaban J connectivity index is 1.56. The molecule has 0 bridgehead atoms. The van der Waals surface area contributed by atoms with E-state index >= 15 is 0 Å². The van der Waals surface area contributed by atoms with Crippen LogP contribution in [0.15, 0.2) is 29.4 Å². The van der Waals surface area contributed by atoms with Gasteiger partial charge in [-0.25, -0.2) is 9.67 Å². The molecule has 140 valence electrons. The molecule has 0 amide bonds. The number of hydrogen-bond donors (Lipinski definition) is 2. The number of ether oxygens (including phenoxy) is 1. The fourth-order valence-corrected chi connectivity index (χ4v) is 3.01. The van der Waals surface area contributed by atoms with Crippen LogP contribution in [0.2, 0.25) is 0 Å². The summed E-state index contributed by atoms with van der Waals surface area (Å²) in [5.74, 6) is 2.63. The van der Waals surface area contributed by atoms with E-state index in [1.807, 2.05) is 29.1 Å². The van der Waals surface area contributed by atoms with E-state index in [1.54, 1.807) is 7.11 Å². The van der Waals surface area contributed by atoms with Crippen LogP contribution in [-0.4, -0.2) is 51.9 Å². The fourth-order valence-electron chi connectivity index (χ4n) is 3.01. The van der Waals surface area contributed by atoms with E-state index in [-0.39, 0.29) is 6.04 Å². The predicted molar refractivity (Wildman–Crippen MR) is 99.9 cm³/mol. The topological polar surface area (TPSA) is 89.2 Å². The Labute approximate surface area is 154 Å². The molecular weight excluding hydrogens is 330 g/mol. The molecule has 0 fully saturated rings. The van der Waals surface area contributed by atoms with Crippen LogP contribution in [0.25, 0.3) is 0 Å². The first kappa shape index (κ1) is 18.3. The lowest BCUT2D eigenvalue weighted by Gasteiger charge is -2.25. The predicted octanol–water partition coefficient (Wildman–Crippen LogP) is 0.932. The highest BCUT2D eigenvalue weighted by atomic mass is 16.5. The first-order valence-corrected chi connectivity index (χ1v) is 9.14. The molecule has 0 saturated carbocycles. The van der Waals surface area contributed by atoms with Crippen LogP contribution in [0.5, 0.6) is 0 Å². The third-order valence-electron chi connectivity index (χ3n) is 4.22. The summed E-state index contributed by atoms with van der Waals surface area (Å²) >= 11 is 0. The molecule has 26 heavy (non-hydrogen) atoms. The second kappa shape index (κ2) is 9.28. The quantitative estimate of drug-likeness (QED) is 0.566. The number of pyridine rings is 1. The molecule has 2 N–H and O–H groups in total. The number of aryl methyl sites for hydroxylation is 1. The Hall–Kier alpha value is -2.48. The van der Waals surface area contributed by atoms with E-state index < -0.39 is 0 Å². The minimum Gasteiger partial charge on any atom is -0.377 e. The van der Waals surface area contributed by atoms with E-state index in [1.165, 1.54) is 0 Å². The van der Waals surface area contributed by atoms with E-state index in [0.717, 1.165) is 55.7 Å². The summed E-state index contributed by atoms with van der Waals surface area (Å²) in [5, 5.41) is 11.4. The molecule has 0 saturated heterocycles. The van der Waals surface area contributed by atoms with Gasteiger partial charge in [0.25, 0.3) is 0 Å². The maximum atomic E-state index is 5.12. The van der Waals surface area contributed by atoms with Crippen molar-refractivity contribution in [3.63, 3.8) is 0 Å². The van der Waals surface area contributed by atoms with Gasteiger partial charge in [-0.1, -0.05) is 6.07 Å². The maximum Gasteiger partial charge on any atom is 0.191 e. The monoisotopic (exact) mass is 357 g/mol. The molecule has 8 heteroatoms. The number of rotatable bonds is 7. The van der Waals surface area contributed by atoms with Gasteiger partial charge in [0.1, 0.15) is 12.4 Å². The van der Waals surface area contributed by atoms with Gasteiger partial charge in [-0.05, 0) is 25.5 Å². The van der Waals surface area contributed by atoms with Crippen molar-refractivity contribution in [2.24, 2.45) is 4.99 Å². The first-order valence-electron chi connectivity index (χ1n) is 9.14. The first-order chi connectivity index (χ1) is 12.8. The van der Waals surface area contributed by atoms with Crippen LogP contribution in [0.1, 0.15) is 30.7 Å². The van der Waals surface area contributed by atoms with Crippen molar-refractivity contribution in [3.05, 3.63) is 41.7 Å². The summed E-state index contributed by atoms with van der Waals surface area (Å²) in [6, 6.07) is 6.25. The van der Waals surface area contributed by atoms with Crippen LogP contribution >= 0.6 is 0 Å². The normalized spacial score (nSPS) is 17.0. The van der Waals surface area contributed by atoms with Crippen molar-refractivity contribution in [1.82, 2.24) is 30.4 Å². The fraction of sp³-hybridized carbons (Fsp3) is 0.556. The number of hydrogen-bond acceptors (Lipinski definition) is 5. The maximum absolute atomic E-state index is 5.12. The van der Waals surface area contributed by atoms with Crippen molar-refractivity contribution in [2.75, 3.05) is 20.2 Å². The minimum absolute atomic E-state index is 0.284. The van der Waals surface area contributed by atoms with Gasteiger partial charge in [0, 0.05) is 51.0 Å². The Bertz CT molecular complexity index is 714. The molecule has 1 unspecified atom stereocenters. The van der Waals surface area contributed by atoms with E-state index in [2.05, 4.69) is 37.6 Å². The van der Waals surface area contributed by atoms with Crippen molar-refractivity contribution in [3.8, 4) is 0 Å². The summed E-state index contributed by atoms with van der Waals surface area (Å²) in [7, 11) is 1.66. The molecule has 1 aliphatic rings. The number of aromatic nitrogens is 4. The molecular formula is C18H27N7O. The second-order valence-corrected chi connectivity index (χ2v) is 6.27. The smallest absolute Gasteiger partial charge is 0.191 e. The molecule has 1 atom stereocenters. The second-order valence-electron chi connectivity index (χ2n) is 6.27. The zero-order chi connectivity index (χ0) is 18.2. The van der Waals surface area contributed by atoms with Crippen LogP contribution in [0.3, 0.4) is 0 Å². The number of fused-ring (bicyclic) bond motifs is 1. The summed E-state index contributed by atoms with van der Waals surface area (Å²) in [6.45, 7) is 4.84. The Kier molecular flexibility index (Phi) is 6.54. The van der Waals surface area contributed by atoms with Crippen molar-refractivity contribution in [2.45, 2.75) is 45.4 Å². The molecule has 0 radical (unpaired) electrons. The highest BCUT2D eigenvalue weighted by molar-refractivity contribution is 5.80. The van der Waals surface area contributed by atoms with Crippen molar-refractivity contribution >= 4 is 5.96 Å². The van der Waals surface area contributed by atoms with Gasteiger partial charge in [-0.2, -0.15) is 5.10 Å². The van der Waals surface area contributed by atoms with Crippen LogP contribution in [0, 0.1) is 0 Å². The van der Waals surface area contributed by atoms with E-state index in [0.29, 0.717) is 13.2 Å². The van der Waals surface area contributed by atoms with Gasteiger partial charge < -0.3 is 15.4 Å². The van der Waals surface area contributed by atoms with Gasteiger partial charge in [-0.15, -0.1) is 0 Å². The molecule has 0 aliphatic carbocycles. The summed E-state index contributed by atoms with van der Waals surface area (Å²) in [5.41, 5.74) is 1.06. The average molecular weight is 357 g/mol. The third kappa shape index (κ3) is 5.01. The largest absolute Gasteiger partial charge is 0.377 e. The van der Waals surface area contributed by atoms with Crippen LogP contribution < -0.4 is 10.6 Å². The number of guanidine groups is 1. The number of nitrogens with one attached hydrogen (secondary N) is 2. The molecule has 2 aromatic heterocycles. The zero-order valence-corrected chi connectivity index (χ0v) is 15.5. The number of nitrogens with zero attached hydrogens (tertiary/aromatic N) is 5. The summed E-state index contributed by atoms with van der Waals surface area (Å²) in [6.07, 6.45) is 4.56. The number of aliphatic imine (C=N–C) groups is 1. The Morgan fingerprint density at radius 1 is 1.42 bits per heavy atom. The van der Waals surface area contributed by atoms with Crippen LogP contribution in [-0.2, 0) is 30.7 Å². The van der Waals surface area contributed by atoms with Gasteiger partial charge in [0.2, 0.25) is 0 Å². The molecule has 0 aromatic carbocycles. The highest BCUT2D eigenvalue weighted by Crippen LogP contribution is 2.13. The van der Waals surface area contributed by atoms with Gasteiger partial charge in [0.05, 0.1) is 6.54 Å². The summed E-state index contributed by atoms with van der Waals surface area (Å²) < 4.78 is 7.10. The Morgan fingerprint density at radius 2 is 2.35 bits per heavy atom. The lowest BCUT2D eigenvalue weighted by atomic mass is 10.1. The van der Waals surface area contributed by atoms with Crippen molar-refractivity contribution in [1.29, 1.82) is 0 Å². The average Bonchev–Trinajstić information content (AvgIpc) is 3.05. The highest BCUT2D eigenvalue weighted by Gasteiger charge is 2.22. The van der Waals surface area contributed by atoms with E-state index in [9.17, 15) is 0 Å². The molecule has 3 heterocycles.